The normalized spacial score (nSPS) is 12.2. The number of fused-ring (bicyclic) bond motifs is 4. The van der Waals surface area contributed by atoms with E-state index in [9.17, 15) is 4.79 Å². The van der Waals surface area contributed by atoms with Gasteiger partial charge in [0, 0.05) is 56.0 Å². The Labute approximate surface area is 248 Å². The number of hydrogen-bond donors (Lipinski definition) is 0. The third-order valence-electron chi connectivity index (χ3n) is 8.27. The molecule has 42 heavy (non-hydrogen) atoms. The summed E-state index contributed by atoms with van der Waals surface area (Å²) in [6.45, 7) is 0. The second kappa shape index (κ2) is 10.1. The van der Waals surface area contributed by atoms with Crippen molar-refractivity contribution in [2.45, 2.75) is 12.8 Å². The van der Waals surface area contributed by atoms with Crippen LogP contribution in [0.5, 0.6) is 0 Å². The van der Waals surface area contributed by atoms with Gasteiger partial charge in [0.25, 0.3) is 0 Å². The van der Waals surface area contributed by atoms with Crippen molar-refractivity contribution in [3.05, 3.63) is 166 Å². The van der Waals surface area contributed by atoms with E-state index in [0.29, 0.717) is 0 Å². The van der Waals surface area contributed by atoms with Crippen molar-refractivity contribution in [3.8, 4) is 11.1 Å². The van der Waals surface area contributed by atoms with Crippen LogP contribution in [0.2, 0.25) is 0 Å². The fourth-order valence-electron chi connectivity index (χ4n) is 6.22. The number of anilines is 3. The molecule has 1 aliphatic rings. The maximum atomic E-state index is 13.9. The number of para-hydroxylation sites is 2. The summed E-state index contributed by atoms with van der Waals surface area (Å²) >= 11 is 1.71. The van der Waals surface area contributed by atoms with Crippen LogP contribution in [0.4, 0.5) is 17.1 Å². The molecule has 0 saturated carbocycles. The highest BCUT2D eigenvalue weighted by molar-refractivity contribution is 7.24. The molecule has 5 aromatic carbocycles. The van der Waals surface area contributed by atoms with Gasteiger partial charge in [0.15, 0.2) is 5.43 Å². The Balaban J connectivity index is 1.26. The van der Waals surface area contributed by atoms with Gasteiger partial charge in [-0.05, 0) is 107 Å². The van der Waals surface area contributed by atoms with Gasteiger partial charge in [-0.25, -0.2) is 0 Å². The van der Waals surface area contributed by atoms with Crippen LogP contribution >= 0.6 is 11.3 Å². The van der Waals surface area contributed by atoms with Crippen molar-refractivity contribution in [1.82, 2.24) is 4.98 Å². The lowest BCUT2D eigenvalue weighted by Gasteiger charge is -2.31. The van der Waals surface area contributed by atoms with E-state index >= 15 is 0 Å². The molecule has 0 unspecified atom stereocenters. The summed E-state index contributed by atoms with van der Waals surface area (Å²) in [6.07, 6.45) is 5.21. The first-order valence-corrected chi connectivity index (χ1v) is 15.0. The number of hydrogen-bond acceptors (Lipinski definition) is 4. The van der Waals surface area contributed by atoms with Crippen molar-refractivity contribution in [1.29, 1.82) is 0 Å². The second-order valence-corrected chi connectivity index (χ2v) is 11.9. The highest BCUT2D eigenvalue weighted by Gasteiger charge is 2.24. The van der Waals surface area contributed by atoms with E-state index in [1.165, 1.54) is 27.9 Å². The predicted molar refractivity (Wildman–Crippen MR) is 176 cm³/mol. The summed E-state index contributed by atoms with van der Waals surface area (Å²) in [5.41, 5.74) is 10.8. The Morgan fingerprint density at radius 2 is 1.26 bits per heavy atom. The zero-order valence-corrected chi connectivity index (χ0v) is 23.6. The molecule has 0 fully saturated rings. The van der Waals surface area contributed by atoms with Crippen LogP contribution in [0, 0.1) is 0 Å². The molecule has 4 heteroatoms. The predicted octanol–water partition coefficient (Wildman–Crippen LogP) is 9.44. The standard InChI is InChI=1S/C38H26N2OS/c41-38-33-21-26(25-16-18-39-19-17-25)14-15-36(33)42-37-24-28-20-27-8-7-13-35(32(27)22-29(28)23-34(37)38)40(30-9-3-1-4-10-30)31-11-5-2-6-12-31/h1-19,21,23-24H,20,22H2. The van der Waals surface area contributed by atoms with Crippen molar-refractivity contribution in [2.24, 2.45) is 0 Å². The first-order chi connectivity index (χ1) is 20.7. The van der Waals surface area contributed by atoms with E-state index in [1.54, 1.807) is 23.7 Å². The van der Waals surface area contributed by atoms with Gasteiger partial charge in [-0.1, -0.05) is 54.6 Å². The maximum absolute atomic E-state index is 13.9. The lowest BCUT2D eigenvalue weighted by Crippen LogP contribution is -2.16. The van der Waals surface area contributed by atoms with Crippen molar-refractivity contribution in [3.63, 3.8) is 0 Å². The number of benzene rings is 5. The third kappa shape index (κ3) is 4.20. The first kappa shape index (κ1) is 24.7. The van der Waals surface area contributed by atoms with Gasteiger partial charge < -0.3 is 4.90 Å². The highest BCUT2D eigenvalue weighted by Crippen LogP contribution is 2.42. The number of rotatable bonds is 4. The quantitative estimate of drug-likeness (QED) is 0.202. The monoisotopic (exact) mass is 558 g/mol. The SMILES string of the molecule is O=c1c2cc(-c3ccncc3)ccc2sc2cc3c(cc12)Cc1c(cccc1N(c1ccccc1)c1ccccc1)C3. The Morgan fingerprint density at radius 3 is 2.00 bits per heavy atom. The van der Waals surface area contributed by atoms with Crippen LogP contribution in [0.3, 0.4) is 0 Å². The van der Waals surface area contributed by atoms with Crippen molar-refractivity contribution in [2.75, 3.05) is 4.90 Å². The van der Waals surface area contributed by atoms with Gasteiger partial charge in [0.05, 0.1) is 0 Å². The minimum absolute atomic E-state index is 0.103. The third-order valence-corrected chi connectivity index (χ3v) is 9.40. The molecule has 0 spiro atoms. The Kier molecular flexibility index (Phi) is 5.94. The molecule has 0 aliphatic heterocycles. The van der Waals surface area contributed by atoms with Gasteiger partial charge in [-0.15, -0.1) is 11.3 Å². The first-order valence-electron chi connectivity index (χ1n) is 14.2. The molecule has 0 bridgehead atoms. The van der Waals surface area contributed by atoms with Crippen LogP contribution in [-0.4, -0.2) is 4.98 Å². The number of aromatic nitrogens is 1. The van der Waals surface area contributed by atoms with Gasteiger partial charge in [0.2, 0.25) is 0 Å². The Hall–Kier alpha value is -5.06. The molecule has 0 N–H and O–H groups in total. The summed E-state index contributed by atoms with van der Waals surface area (Å²) < 4.78 is 2.07. The highest BCUT2D eigenvalue weighted by atomic mass is 32.1. The van der Waals surface area contributed by atoms with Crippen LogP contribution in [0.15, 0.2) is 139 Å². The summed E-state index contributed by atoms with van der Waals surface area (Å²) in [5, 5.41) is 1.58. The number of pyridine rings is 1. The molecule has 0 saturated heterocycles. The molecule has 0 amide bonds. The summed E-state index contributed by atoms with van der Waals surface area (Å²) in [5.74, 6) is 0. The summed E-state index contributed by atoms with van der Waals surface area (Å²) in [6, 6.07) is 42.3. The smallest absolute Gasteiger partial charge is 0.195 e. The van der Waals surface area contributed by atoms with E-state index in [4.69, 9.17) is 0 Å². The van der Waals surface area contributed by atoms with Crippen LogP contribution in [0.1, 0.15) is 22.3 Å². The topological polar surface area (TPSA) is 33.2 Å². The molecule has 8 rings (SSSR count). The van der Waals surface area contributed by atoms with Gasteiger partial charge in [-0.3, -0.25) is 9.78 Å². The Bertz CT molecular complexity index is 2120. The van der Waals surface area contributed by atoms with Crippen molar-refractivity contribution < 1.29 is 0 Å². The second-order valence-electron chi connectivity index (χ2n) is 10.8. The van der Waals surface area contributed by atoms with E-state index < -0.39 is 0 Å². The van der Waals surface area contributed by atoms with Gasteiger partial charge in [0.1, 0.15) is 0 Å². The molecule has 1 aliphatic carbocycles. The molecule has 0 radical (unpaired) electrons. The zero-order valence-electron chi connectivity index (χ0n) is 22.8. The Morgan fingerprint density at radius 1 is 0.571 bits per heavy atom. The lowest BCUT2D eigenvalue weighted by atomic mass is 9.84. The molecule has 0 atom stereocenters. The summed E-state index contributed by atoms with van der Waals surface area (Å²) in [7, 11) is 0. The fraction of sp³-hybridized carbons (Fsp3) is 0.0526. The molecular weight excluding hydrogens is 532 g/mol. The maximum Gasteiger partial charge on any atom is 0.195 e. The van der Waals surface area contributed by atoms with Gasteiger partial charge in [-0.2, -0.15) is 0 Å². The lowest BCUT2D eigenvalue weighted by molar-refractivity contribution is 0.999. The minimum Gasteiger partial charge on any atom is -0.310 e. The zero-order chi connectivity index (χ0) is 28.0. The molecule has 200 valence electrons. The van der Waals surface area contributed by atoms with E-state index in [1.807, 2.05) is 18.2 Å². The molecule has 2 aromatic heterocycles. The van der Waals surface area contributed by atoms with E-state index in [-0.39, 0.29) is 5.43 Å². The van der Waals surface area contributed by atoms with Crippen LogP contribution in [0.25, 0.3) is 31.3 Å². The van der Waals surface area contributed by atoms with Crippen LogP contribution in [-0.2, 0) is 12.8 Å². The largest absolute Gasteiger partial charge is 0.310 e. The molecule has 2 heterocycles. The van der Waals surface area contributed by atoms with Crippen molar-refractivity contribution >= 4 is 48.6 Å². The minimum atomic E-state index is 0.103. The number of nitrogens with zero attached hydrogens (tertiary/aromatic N) is 2. The fourth-order valence-corrected chi connectivity index (χ4v) is 7.32. The average Bonchev–Trinajstić information content (AvgIpc) is 3.05. The molecule has 3 nitrogen and oxygen atoms in total. The average molecular weight is 559 g/mol. The van der Waals surface area contributed by atoms with E-state index in [0.717, 1.165) is 55.5 Å². The van der Waals surface area contributed by atoms with Crippen LogP contribution < -0.4 is 10.3 Å². The van der Waals surface area contributed by atoms with Gasteiger partial charge >= 0.3 is 0 Å². The molecular formula is C38H26N2OS. The summed E-state index contributed by atoms with van der Waals surface area (Å²) in [4.78, 5) is 20.4. The molecule has 7 aromatic rings. The van der Waals surface area contributed by atoms with E-state index in [2.05, 4.69) is 113 Å².